The van der Waals surface area contributed by atoms with E-state index in [-0.39, 0.29) is 5.56 Å². The molecule has 5 nitrogen and oxygen atoms in total. The summed E-state index contributed by atoms with van der Waals surface area (Å²) in [7, 11) is 0. The number of hydrogen-bond acceptors (Lipinski definition) is 4. The van der Waals surface area contributed by atoms with Crippen LogP contribution < -0.4 is 5.56 Å². The Morgan fingerprint density at radius 1 is 1.08 bits per heavy atom. The largest absolute Gasteiger partial charge is 0.311 e. The summed E-state index contributed by atoms with van der Waals surface area (Å²) >= 11 is 1.60. The number of benzene rings is 2. The van der Waals surface area contributed by atoms with Gasteiger partial charge in [-0.2, -0.15) is 0 Å². The second-order valence-electron chi connectivity index (χ2n) is 6.25. The van der Waals surface area contributed by atoms with Gasteiger partial charge in [0.25, 0.3) is 5.56 Å². The molecule has 0 unspecified atom stereocenters. The van der Waals surface area contributed by atoms with Crippen LogP contribution in [-0.2, 0) is 5.75 Å². The van der Waals surface area contributed by atoms with Crippen molar-refractivity contribution in [3.05, 3.63) is 81.9 Å². The number of aromatic nitrogens is 4. The van der Waals surface area contributed by atoms with Crippen LogP contribution in [0.25, 0.3) is 16.9 Å². The summed E-state index contributed by atoms with van der Waals surface area (Å²) in [5, 5.41) is 0.759. The Morgan fingerprint density at radius 3 is 2.65 bits per heavy atom. The molecule has 130 valence electrons. The van der Waals surface area contributed by atoms with Gasteiger partial charge in [0.1, 0.15) is 0 Å². The molecule has 0 aliphatic carbocycles. The highest BCUT2D eigenvalue weighted by Gasteiger charge is 2.16. The Morgan fingerprint density at radius 2 is 1.88 bits per heavy atom. The Balaban J connectivity index is 1.80. The first kappa shape index (κ1) is 16.6. The molecule has 0 spiro atoms. The van der Waals surface area contributed by atoms with Crippen molar-refractivity contribution in [3.63, 3.8) is 0 Å². The number of nitrogens with zero attached hydrogens (tertiary/aromatic N) is 3. The standard InChI is InChI=1S/C20H18N4OS/c1-13-6-8-16(9-7-13)24-18-17(19(25)22-12-21-18)23-20(24)26-11-15-5-3-4-14(2)10-15/h3-10,12H,11H2,1-2H3,(H,21,22,25). The van der Waals surface area contributed by atoms with Gasteiger partial charge in [0.2, 0.25) is 0 Å². The van der Waals surface area contributed by atoms with E-state index < -0.39 is 0 Å². The van der Waals surface area contributed by atoms with Gasteiger partial charge in [0.05, 0.1) is 6.33 Å². The molecule has 4 aromatic rings. The number of nitrogens with one attached hydrogen (secondary N) is 1. The van der Waals surface area contributed by atoms with E-state index in [2.05, 4.69) is 46.1 Å². The highest BCUT2D eigenvalue weighted by Crippen LogP contribution is 2.28. The Labute approximate surface area is 155 Å². The number of aryl methyl sites for hydroxylation is 2. The van der Waals surface area contributed by atoms with Gasteiger partial charge in [-0.05, 0) is 31.5 Å². The Kier molecular flexibility index (Phi) is 4.34. The molecule has 2 heterocycles. The summed E-state index contributed by atoms with van der Waals surface area (Å²) in [6.07, 6.45) is 1.42. The predicted molar refractivity (Wildman–Crippen MR) is 105 cm³/mol. The fourth-order valence-electron chi connectivity index (χ4n) is 2.86. The van der Waals surface area contributed by atoms with Gasteiger partial charge in [-0.25, -0.2) is 9.97 Å². The lowest BCUT2D eigenvalue weighted by molar-refractivity contribution is 0.907. The maximum atomic E-state index is 12.2. The molecule has 26 heavy (non-hydrogen) atoms. The molecule has 2 aromatic heterocycles. The first-order chi connectivity index (χ1) is 12.6. The number of H-pyrrole nitrogens is 1. The summed E-state index contributed by atoms with van der Waals surface area (Å²) < 4.78 is 1.95. The average Bonchev–Trinajstić information content (AvgIpc) is 3.01. The minimum Gasteiger partial charge on any atom is -0.311 e. The number of hydrogen-bond donors (Lipinski definition) is 1. The summed E-state index contributed by atoms with van der Waals surface area (Å²) in [5.74, 6) is 0.773. The normalized spacial score (nSPS) is 11.2. The van der Waals surface area contributed by atoms with E-state index in [9.17, 15) is 4.79 Å². The molecule has 0 fully saturated rings. The van der Waals surface area contributed by atoms with Crippen LogP contribution in [0, 0.1) is 13.8 Å². The van der Waals surface area contributed by atoms with Crippen LogP contribution in [0.5, 0.6) is 0 Å². The van der Waals surface area contributed by atoms with Crippen molar-refractivity contribution in [1.29, 1.82) is 0 Å². The first-order valence-corrected chi connectivity index (χ1v) is 9.32. The van der Waals surface area contributed by atoms with Gasteiger partial charge in [0.15, 0.2) is 16.3 Å². The molecule has 0 amide bonds. The topological polar surface area (TPSA) is 63.6 Å². The van der Waals surface area contributed by atoms with Crippen LogP contribution in [0.4, 0.5) is 0 Å². The monoisotopic (exact) mass is 362 g/mol. The zero-order chi connectivity index (χ0) is 18.1. The fourth-order valence-corrected chi connectivity index (χ4v) is 3.81. The molecular formula is C20H18N4OS. The van der Waals surface area contributed by atoms with Crippen LogP contribution in [0.1, 0.15) is 16.7 Å². The van der Waals surface area contributed by atoms with Crippen molar-refractivity contribution < 1.29 is 0 Å². The second kappa shape index (κ2) is 6.80. The number of fused-ring (bicyclic) bond motifs is 1. The highest BCUT2D eigenvalue weighted by molar-refractivity contribution is 7.98. The predicted octanol–water partition coefficient (Wildman–Crippen LogP) is 4.02. The molecule has 6 heteroatoms. The minimum atomic E-state index is -0.224. The second-order valence-corrected chi connectivity index (χ2v) is 7.19. The Bertz CT molecular complexity index is 1130. The first-order valence-electron chi connectivity index (χ1n) is 8.33. The van der Waals surface area contributed by atoms with Gasteiger partial charge in [-0.1, -0.05) is 59.3 Å². The maximum Gasteiger partial charge on any atom is 0.278 e. The van der Waals surface area contributed by atoms with E-state index in [1.54, 1.807) is 11.8 Å². The summed E-state index contributed by atoms with van der Waals surface area (Å²) in [5.41, 5.74) is 5.29. The van der Waals surface area contributed by atoms with Crippen LogP contribution in [-0.4, -0.2) is 19.5 Å². The Hall–Kier alpha value is -2.86. The SMILES string of the molecule is Cc1ccc(-n2c(SCc3cccc(C)c3)nc3c(=O)[nH]cnc32)cc1. The number of rotatable bonds is 4. The number of imidazole rings is 1. The van der Waals surface area contributed by atoms with Crippen molar-refractivity contribution in [2.45, 2.75) is 24.8 Å². The molecule has 0 saturated heterocycles. The van der Waals surface area contributed by atoms with Crippen molar-refractivity contribution >= 4 is 22.9 Å². The van der Waals surface area contributed by atoms with E-state index in [0.717, 1.165) is 16.6 Å². The van der Waals surface area contributed by atoms with Gasteiger partial charge in [-0.15, -0.1) is 0 Å². The van der Waals surface area contributed by atoms with E-state index >= 15 is 0 Å². The number of thioether (sulfide) groups is 1. The third-order valence-corrected chi connectivity index (χ3v) is 5.17. The molecule has 4 rings (SSSR count). The van der Waals surface area contributed by atoms with E-state index in [1.165, 1.54) is 23.0 Å². The fraction of sp³-hybridized carbons (Fsp3) is 0.150. The van der Waals surface area contributed by atoms with Gasteiger partial charge in [0, 0.05) is 11.4 Å². The van der Waals surface area contributed by atoms with Crippen molar-refractivity contribution in [1.82, 2.24) is 19.5 Å². The third-order valence-electron chi connectivity index (χ3n) is 4.16. The van der Waals surface area contributed by atoms with Crippen LogP contribution >= 0.6 is 11.8 Å². The molecule has 0 bridgehead atoms. The van der Waals surface area contributed by atoms with E-state index in [1.807, 2.05) is 35.8 Å². The third kappa shape index (κ3) is 3.15. The summed E-state index contributed by atoms with van der Waals surface area (Å²) in [6.45, 7) is 4.13. The van der Waals surface area contributed by atoms with Crippen molar-refractivity contribution in [2.24, 2.45) is 0 Å². The van der Waals surface area contributed by atoms with E-state index in [4.69, 9.17) is 0 Å². The van der Waals surface area contributed by atoms with E-state index in [0.29, 0.717) is 11.2 Å². The lowest BCUT2D eigenvalue weighted by Crippen LogP contribution is -2.07. The molecule has 0 aliphatic rings. The van der Waals surface area contributed by atoms with Crippen LogP contribution in [0.15, 0.2) is 64.8 Å². The molecule has 0 aliphatic heterocycles. The lowest BCUT2D eigenvalue weighted by Gasteiger charge is -2.09. The van der Waals surface area contributed by atoms with Gasteiger partial charge < -0.3 is 4.98 Å². The summed E-state index contributed by atoms with van der Waals surface area (Å²) in [4.78, 5) is 23.7. The smallest absolute Gasteiger partial charge is 0.278 e. The molecule has 0 saturated carbocycles. The van der Waals surface area contributed by atoms with Crippen molar-refractivity contribution in [3.8, 4) is 5.69 Å². The van der Waals surface area contributed by atoms with Gasteiger partial charge in [-0.3, -0.25) is 9.36 Å². The maximum absolute atomic E-state index is 12.2. The highest BCUT2D eigenvalue weighted by atomic mass is 32.2. The quantitative estimate of drug-likeness (QED) is 0.557. The zero-order valence-electron chi connectivity index (χ0n) is 14.6. The molecule has 1 N–H and O–H groups in total. The molecule has 0 atom stereocenters. The van der Waals surface area contributed by atoms with Crippen molar-refractivity contribution in [2.75, 3.05) is 0 Å². The minimum absolute atomic E-state index is 0.224. The average molecular weight is 362 g/mol. The molecule has 2 aromatic carbocycles. The van der Waals surface area contributed by atoms with Crippen LogP contribution in [0.2, 0.25) is 0 Å². The number of aromatic amines is 1. The summed E-state index contributed by atoms with van der Waals surface area (Å²) in [6, 6.07) is 16.5. The lowest BCUT2D eigenvalue weighted by atomic mass is 10.2. The molecule has 0 radical (unpaired) electrons. The van der Waals surface area contributed by atoms with Crippen LogP contribution in [0.3, 0.4) is 0 Å². The molecular weight excluding hydrogens is 344 g/mol. The zero-order valence-corrected chi connectivity index (χ0v) is 15.4. The van der Waals surface area contributed by atoms with Gasteiger partial charge >= 0.3 is 0 Å².